The molecule has 2 aromatic carbocycles. The van der Waals surface area contributed by atoms with Crippen LogP contribution in [0.2, 0.25) is 0 Å². The number of piperidine rings is 1. The first-order valence-electron chi connectivity index (χ1n) is 10.9. The zero-order valence-electron chi connectivity index (χ0n) is 18.2. The highest BCUT2D eigenvalue weighted by atomic mass is 79.9. The molecule has 0 spiro atoms. The summed E-state index contributed by atoms with van der Waals surface area (Å²) in [5.41, 5.74) is 5.85. The van der Waals surface area contributed by atoms with Crippen molar-refractivity contribution in [3.05, 3.63) is 81.1 Å². The standard InChI is InChI=1S/C25H29BrN4O/c1-18-24(26)19(2)30(28-18)17-21-7-6-8-22(15-21)25(31)27-23-11-9-20(10-12-23)16-29-13-4-3-5-14-29/h6-12,15H,3-5,13-14,16-17H2,1-2H3,(H,27,31). The van der Waals surface area contributed by atoms with E-state index >= 15 is 0 Å². The van der Waals surface area contributed by atoms with Gasteiger partial charge in [-0.25, -0.2) is 0 Å². The second-order valence-electron chi connectivity index (χ2n) is 8.33. The van der Waals surface area contributed by atoms with Crippen molar-refractivity contribution in [2.45, 2.75) is 46.2 Å². The lowest BCUT2D eigenvalue weighted by Crippen LogP contribution is -2.29. The van der Waals surface area contributed by atoms with Gasteiger partial charge in [0.15, 0.2) is 0 Å². The average molecular weight is 481 g/mol. The van der Waals surface area contributed by atoms with E-state index in [0.29, 0.717) is 12.1 Å². The van der Waals surface area contributed by atoms with Crippen LogP contribution in [0.25, 0.3) is 0 Å². The molecule has 1 saturated heterocycles. The fourth-order valence-corrected chi connectivity index (χ4v) is 4.37. The Bertz CT molecular complexity index is 1050. The number of benzene rings is 2. The molecule has 0 aliphatic carbocycles. The lowest BCUT2D eigenvalue weighted by molar-refractivity contribution is 0.102. The average Bonchev–Trinajstić information content (AvgIpc) is 3.02. The molecule has 1 aliphatic rings. The smallest absolute Gasteiger partial charge is 0.255 e. The molecule has 31 heavy (non-hydrogen) atoms. The van der Waals surface area contributed by atoms with Gasteiger partial charge < -0.3 is 5.32 Å². The van der Waals surface area contributed by atoms with E-state index in [1.54, 1.807) is 0 Å². The summed E-state index contributed by atoms with van der Waals surface area (Å²) < 4.78 is 2.99. The molecule has 162 valence electrons. The molecule has 6 heteroatoms. The number of aryl methyl sites for hydroxylation is 1. The molecular formula is C25H29BrN4O. The molecule has 2 heterocycles. The number of halogens is 1. The number of carbonyl (C=O) groups is 1. The Morgan fingerprint density at radius 1 is 1.00 bits per heavy atom. The highest BCUT2D eigenvalue weighted by Gasteiger charge is 2.12. The molecule has 1 aromatic heterocycles. The van der Waals surface area contributed by atoms with Gasteiger partial charge in [0, 0.05) is 17.8 Å². The van der Waals surface area contributed by atoms with Crippen LogP contribution in [0.4, 0.5) is 5.69 Å². The van der Waals surface area contributed by atoms with Crippen LogP contribution in [0.15, 0.2) is 53.0 Å². The molecule has 3 aromatic rings. The maximum atomic E-state index is 12.8. The molecule has 1 fully saturated rings. The number of carbonyl (C=O) groups excluding carboxylic acids is 1. The molecule has 0 radical (unpaired) electrons. The molecule has 4 rings (SSSR count). The van der Waals surface area contributed by atoms with Crippen molar-refractivity contribution in [3.8, 4) is 0 Å². The van der Waals surface area contributed by atoms with Gasteiger partial charge >= 0.3 is 0 Å². The molecular weight excluding hydrogens is 452 g/mol. The fraction of sp³-hybridized carbons (Fsp3) is 0.360. The summed E-state index contributed by atoms with van der Waals surface area (Å²) in [4.78, 5) is 15.3. The van der Waals surface area contributed by atoms with E-state index < -0.39 is 0 Å². The summed E-state index contributed by atoms with van der Waals surface area (Å²) in [6.45, 7) is 8.00. The second kappa shape index (κ2) is 9.79. The zero-order valence-corrected chi connectivity index (χ0v) is 19.8. The third kappa shape index (κ3) is 5.43. The number of rotatable bonds is 6. The minimum absolute atomic E-state index is 0.0971. The molecule has 0 bridgehead atoms. The summed E-state index contributed by atoms with van der Waals surface area (Å²) in [6, 6.07) is 15.9. The lowest BCUT2D eigenvalue weighted by Gasteiger charge is -2.26. The van der Waals surface area contributed by atoms with Gasteiger partial charge in [-0.1, -0.05) is 30.7 Å². The van der Waals surface area contributed by atoms with E-state index in [0.717, 1.165) is 33.7 Å². The van der Waals surface area contributed by atoms with Gasteiger partial charge in [0.1, 0.15) is 0 Å². The lowest BCUT2D eigenvalue weighted by atomic mass is 10.1. The third-order valence-corrected chi connectivity index (χ3v) is 7.03. The number of nitrogens with one attached hydrogen (secondary N) is 1. The molecule has 0 atom stereocenters. The number of amides is 1. The van der Waals surface area contributed by atoms with Crippen LogP contribution >= 0.6 is 15.9 Å². The highest BCUT2D eigenvalue weighted by Crippen LogP contribution is 2.21. The van der Waals surface area contributed by atoms with E-state index in [4.69, 9.17) is 0 Å². The van der Waals surface area contributed by atoms with E-state index in [2.05, 4.69) is 43.4 Å². The Morgan fingerprint density at radius 2 is 1.74 bits per heavy atom. The van der Waals surface area contributed by atoms with Crippen molar-refractivity contribution < 1.29 is 4.79 Å². The summed E-state index contributed by atoms with van der Waals surface area (Å²) in [6.07, 6.45) is 3.94. The van der Waals surface area contributed by atoms with Crippen molar-refractivity contribution >= 4 is 27.5 Å². The zero-order chi connectivity index (χ0) is 21.8. The number of likely N-dealkylation sites (tertiary alicyclic amines) is 1. The minimum Gasteiger partial charge on any atom is -0.322 e. The van der Waals surface area contributed by atoms with Crippen molar-refractivity contribution in [1.29, 1.82) is 0 Å². The van der Waals surface area contributed by atoms with Crippen molar-refractivity contribution in [1.82, 2.24) is 14.7 Å². The highest BCUT2D eigenvalue weighted by molar-refractivity contribution is 9.10. The van der Waals surface area contributed by atoms with Crippen LogP contribution < -0.4 is 5.32 Å². The predicted molar refractivity (Wildman–Crippen MR) is 128 cm³/mol. The van der Waals surface area contributed by atoms with Crippen molar-refractivity contribution in [2.24, 2.45) is 0 Å². The Labute approximate surface area is 192 Å². The SMILES string of the molecule is Cc1nn(Cc2cccc(C(=O)Nc3ccc(CN4CCCCC4)cc3)c2)c(C)c1Br. The number of hydrogen-bond donors (Lipinski definition) is 1. The molecule has 0 unspecified atom stereocenters. The predicted octanol–water partition coefficient (Wildman–Crippen LogP) is 5.55. The number of aromatic nitrogens is 2. The molecule has 1 N–H and O–H groups in total. The Kier molecular flexibility index (Phi) is 6.88. The van der Waals surface area contributed by atoms with Gasteiger partial charge in [0.05, 0.1) is 22.4 Å². The topological polar surface area (TPSA) is 50.2 Å². The normalized spacial score (nSPS) is 14.5. The molecule has 1 aliphatic heterocycles. The van der Waals surface area contributed by atoms with Gasteiger partial charge in [-0.15, -0.1) is 0 Å². The Morgan fingerprint density at radius 3 is 2.42 bits per heavy atom. The van der Waals surface area contributed by atoms with Crippen LogP contribution in [0.1, 0.15) is 52.1 Å². The van der Waals surface area contributed by atoms with Crippen LogP contribution in [-0.2, 0) is 13.1 Å². The Hall–Kier alpha value is -2.44. The number of anilines is 1. The van der Waals surface area contributed by atoms with Crippen molar-refractivity contribution in [3.63, 3.8) is 0 Å². The fourth-order valence-electron chi connectivity index (χ4n) is 4.09. The first-order chi connectivity index (χ1) is 15.0. The largest absolute Gasteiger partial charge is 0.322 e. The third-order valence-electron chi connectivity index (χ3n) is 5.88. The molecule has 0 saturated carbocycles. The summed E-state index contributed by atoms with van der Waals surface area (Å²) >= 11 is 3.57. The van der Waals surface area contributed by atoms with E-state index in [1.165, 1.54) is 37.9 Å². The van der Waals surface area contributed by atoms with Gasteiger partial charge in [-0.2, -0.15) is 5.10 Å². The summed E-state index contributed by atoms with van der Waals surface area (Å²) in [5, 5.41) is 7.59. The molecule has 1 amide bonds. The first kappa shape index (κ1) is 21.8. The second-order valence-corrected chi connectivity index (χ2v) is 9.12. The van der Waals surface area contributed by atoms with E-state index in [-0.39, 0.29) is 5.91 Å². The van der Waals surface area contributed by atoms with E-state index in [9.17, 15) is 4.79 Å². The van der Waals surface area contributed by atoms with E-state index in [1.807, 2.05) is 54.9 Å². The maximum absolute atomic E-state index is 12.8. The minimum atomic E-state index is -0.0971. The van der Waals surface area contributed by atoms with Gasteiger partial charge in [0.25, 0.3) is 5.91 Å². The van der Waals surface area contributed by atoms with Gasteiger partial charge in [-0.3, -0.25) is 14.4 Å². The first-order valence-corrected chi connectivity index (χ1v) is 11.7. The monoisotopic (exact) mass is 480 g/mol. The summed E-state index contributed by atoms with van der Waals surface area (Å²) in [7, 11) is 0. The Balaban J connectivity index is 1.39. The van der Waals surface area contributed by atoms with Crippen LogP contribution in [-0.4, -0.2) is 33.7 Å². The number of hydrogen-bond acceptors (Lipinski definition) is 3. The van der Waals surface area contributed by atoms with Crippen molar-refractivity contribution in [2.75, 3.05) is 18.4 Å². The number of nitrogens with zero attached hydrogens (tertiary/aromatic N) is 3. The van der Waals surface area contributed by atoms with Crippen LogP contribution in [0, 0.1) is 13.8 Å². The summed E-state index contributed by atoms with van der Waals surface area (Å²) in [5.74, 6) is -0.0971. The van der Waals surface area contributed by atoms with Crippen LogP contribution in [0.5, 0.6) is 0 Å². The van der Waals surface area contributed by atoms with Gasteiger partial charge in [-0.05, 0) is 91.1 Å². The maximum Gasteiger partial charge on any atom is 0.255 e. The van der Waals surface area contributed by atoms with Crippen LogP contribution in [0.3, 0.4) is 0 Å². The quantitative estimate of drug-likeness (QED) is 0.503. The van der Waals surface area contributed by atoms with Gasteiger partial charge in [0.2, 0.25) is 0 Å². The molecule has 5 nitrogen and oxygen atoms in total.